The molecule has 0 bridgehead atoms. The lowest BCUT2D eigenvalue weighted by Gasteiger charge is -2.29. The molecule has 1 unspecified atom stereocenters. The van der Waals surface area contributed by atoms with E-state index in [0.29, 0.717) is 16.6 Å². The van der Waals surface area contributed by atoms with Gasteiger partial charge in [0.05, 0.1) is 5.69 Å². The molecular formula is C19H23N3O3S. The van der Waals surface area contributed by atoms with Gasteiger partial charge in [0.1, 0.15) is 6.61 Å². The van der Waals surface area contributed by atoms with E-state index in [0.717, 1.165) is 31.2 Å². The molecule has 1 aromatic carbocycles. The second kappa shape index (κ2) is 7.63. The van der Waals surface area contributed by atoms with Gasteiger partial charge in [0, 0.05) is 11.9 Å². The second-order valence-corrected chi connectivity index (χ2v) is 7.81. The van der Waals surface area contributed by atoms with E-state index in [1.54, 1.807) is 6.07 Å². The zero-order chi connectivity index (χ0) is 17.9. The molecule has 138 valence electrons. The molecule has 2 aliphatic heterocycles. The molecule has 3 heterocycles. The number of carbonyl (C=O) groups is 1. The molecule has 0 spiro atoms. The van der Waals surface area contributed by atoms with E-state index in [9.17, 15) is 4.79 Å². The van der Waals surface area contributed by atoms with Gasteiger partial charge in [-0.1, -0.05) is 19.1 Å². The average molecular weight is 373 g/mol. The summed E-state index contributed by atoms with van der Waals surface area (Å²) in [7, 11) is 0. The van der Waals surface area contributed by atoms with Crippen LogP contribution in [-0.2, 0) is 11.3 Å². The fourth-order valence-corrected chi connectivity index (χ4v) is 3.93. The van der Waals surface area contributed by atoms with Crippen LogP contribution < -0.4 is 14.8 Å². The maximum Gasteiger partial charge on any atom is 0.270 e. The number of amides is 1. The molecule has 4 rings (SSSR count). The monoisotopic (exact) mass is 373 g/mol. The Labute approximate surface area is 157 Å². The Bertz CT molecular complexity index is 771. The van der Waals surface area contributed by atoms with Crippen LogP contribution in [0.2, 0.25) is 0 Å². The van der Waals surface area contributed by atoms with Gasteiger partial charge < -0.3 is 9.47 Å². The maximum atomic E-state index is 12.5. The molecule has 0 saturated carbocycles. The number of likely N-dealkylation sites (tertiary alicyclic amines) is 1. The summed E-state index contributed by atoms with van der Waals surface area (Å²) >= 11 is 1.45. The normalized spacial score (nSPS) is 20.7. The quantitative estimate of drug-likeness (QED) is 0.892. The molecule has 7 heteroatoms. The van der Waals surface area contributed by atoms with Crippen molar-refractivity contribution in [2.24, 2.45) is 5.92 Å². The van der Waals surface area contributed by atoms with Crippen molar-refractivity contribution in [2.45, 2.75) is 32.4 Å². The summed E-state index contributed by atoms with van der Waals surface area (Å²) in [6.07, 6.45) is 1.82. The number of aromatic nitrogens is 1. The highest BCUT2D eigenvalue weighted by Gasteiger charge is 2.28. The van der Waals surface area contributed by atoms with E-state index in [1.807, 2.05) is 23.6 Å². The number of carbonyl (C=O) groups excluding carboxylic acids is 1. The van der Waals surface area contributed by atoms with Crippen molar-refractivity contribution in [1.29, 1.82) is 0 Å². The summed E-state index contributed by atoms with van der Waals surface area (Å²) in [5.74, 6) is 1.86. The third-order valence-corrected chi connectivity index (χ3v) is 5.65. The van der Waals surface area contributed by atoms with Gasteiger partial charge in [0.25, 0.3) is 5.91 Å². The zero-order valence-corrected chi connectivity index (χ0v) is 15.6. The van der Waals surface area contributed by atoms with Gasteiger partial charge in [-0.05, 0) is 44.0 Å². The molecule has 6 nitrogen and oxygen atoms in total. The largest absolute Gasteiger partial charge is 0.485 e. The van der Waals surface area contributed by atoms with Gasteiger partial charge in [-0.2, -0.15) is 0 Å². The number of thiazole rings is 1. The van der Waals surface area contributed by atoms with Gasteiger partial charge in [-0.15, -0.1) is 11.3 Å². The van der Waals surface area contributed by atoms with Crippen LogP contribution in [-0.4, -0.2) is 41.6 Å². The van der Waals surface area contributed by atoms with Crippen LogP contribution in [0.3, 0.4) is 0 Å². The molecule has 1 N–H and O–H groups in total. The van der Waals surface area contributed by atoms with Gasteiger partial charge >= 0.3 is 0 Å². The number of rotatable bonds is 4. The molecular weight excluding hydrogens is 350 g/mol. The zero-order valence-electron chi connectivity index (χ0n) is 14.8. The van der Waals surface area contributed by atoms with Crippen molar-refractivity contribution in [1.82, 2.24) is 9.88 Å². The molecule has 1 aromatic heterocycles. The van der Waals surface area contributed by atoms with Crippen LogP contribution in [0, 0.1) is 5.92 Å². The van der Waals surface area contributed by atoms with Crippen molar-refractivity contribution < 1.29 is 14.3 Å². The van der Waals surface area contributed by atoms with Gasteiger partial charge in [0.2, 0.25) is 6.10 Å². The van der Waals surface area contributed by atoms with Gasteiger partial charge in [0.15, 0.2) is 16.6 Å². The summed E-state index contributed by atoms with van der Waals surface area (Å²) in [6.45, 7) is 5.59. The molecule has 26 heavy (non-hydrogen) atoms. The Balaban J connectivity index is 1.32. The summed E-state index contributed by atoms with van der Waals surface area (Å²) < 4.78 is 11.3. The minimum atomic E-state index is -0.666. The lowest BCUT2D eigenvalue weighted by molar-refractivity contribution is -0.125. The van der Waals surface area contributed by atoms with Crippen LogP contribution in [0.1, 0.15) is 25.5 Å². The van der Waals surface area contributed by atoms with Gasteiger partial charge in [-0.3, -0.25) is 15.0 Å². The first-order valence-electron chi connectivity index (χ1n) is 9.03. The summed E-state index contributed by atoms with van der Waals surface area (Å²) in [5, 5.41) is 5.48. The molecule has 1 atom stereocenters. The van der Waals surface area contributed by atoms with E-state index in [4.69, 9.17) is 9.47 Å². The first-order chi connectivity index (χ1) is 12.7. The second-order valence-electron chi connectivity index (χ2n) is 6.96. The minimum absolute atomic E-state index is 0.201. The van der Waals surface area contributed by atoms with E-state index < -0.39 is 6.10 Å². The number of anilines is 1. The number of hydrogen-bond acceptors (Lipinski definition) is 6. The van der Waals surface area contributed by atoms with Crippen LogP contribution in [0.4, 0.5) is 5.13 Å². The van der Waals surface area contributed by atoms with Crippen LogP contribution >= 0.6 is 11.3 Å². The number of nitrogens with one attached hydrogen (secondary N) is 1. The summed E-state index contributed by atoms with van der Waals surface area (Å²) in [5.41, 5.74) is 1.01. The highest BCUT2D eigenvalue weighted by Crippen LogP contribution is 2.31. The Morgan fingerprint density at radius 2 is 2.08 bits per heavy atom. The maximum absolute atomic E-state index is 12.5. The molecule has 2 aromatic rings. The Hall–Kier alpha value is -2.12. The van der Waals surface area contributed by atoms with E-state index >= 15 is 0 Å². The van der Waals surface area contributed by atoms with Crippen LogP contribution in [0.25, 0.3) is 0 Å². The van der Waals surface area contributed by atoms with Gasteiger partial charge in [-0.25, -0.2) is 4.98 Å². The number of piperidine rings is 1. The third-order valence-electron chi connectivity index (χ3n) is 4.84. The number of fused-ring (bicyclic) bond motifs is 1. The predicted molar refractivity (Wildman–Crippen MR) is 101 cm³/mol. The Morgan fingerprint density at radius 1 is 1.31 bits per heavy atom. The number of ether oxygens (including phenoxy) is 2. The topological polar surface area (TPSA) is 63.7 Å². The van der Waals surface area contributed by atoms with Crippen molar-refractivity contribution in [3.63, 3.8) is 0 Å². The summed E-state index contributed by atoms with van der Waals surface area (Å²) in [4.78, 5) is 19.4. The van der Waals surface area contributed by atoms with Crippen LogP contribution in [0.5, 0.6) is 11.5 Å². The minimum Gasteiger partial charge on any atom is -0.485 e. The molecule has 0 radical (unpaired) electrons. The first-order valence-corrected chi connectivity index (χ1v) is 9.91. The fraction of sp³-hybridized carbons (Fsp3) is 0.474. The number of nitrogens with zero attached hydrogens (tertiary/aromatic N) is 2. The fourth-order valence-electron chi connectivity index (χ4n) is 3.22. The smallest absolute Gasteiger partial charge is 0.270 e. The number of benzene rings is 1. The third kappa shape index (κ3) is 3.99. The molecule has 1 amide bonds. The Kier molecular flexibility index (Phi) is 5.08. The average Bonchev–Trinajstić information content (AvgIpc) is 3.10. The lowest BCUT2D eigenvalue weighted by atomic mass is 9.99. The van der Waals surface area contributed by atoms with Crippen molar-refractivity contribution in [2.75, 3.05) is 25.0 Å². The number of para-hydroxylation sites is 2. The SMILES string of the molecule is CC1CCN(Cc2csc(NC(=O)C3COc4ccccc4O3)n2)CC1. The molecule has 2 aliphatic rings. The van der Waals surface area contributed by atoms with Crippen molar-refractivity contribution in [3.8, 4) is 11.5 Å². The van der Waals surface area contributed by atoms with Crippen LogP contribution in [0.15, 0.2) is 29.6 Å². The molecule has 1 fully saturated rings. The van der Waals surface area contributed by atoms with Crippen molar-refractivity contribution in [3.05, 3.63) is 35.3 Å². The van der Waals surface area contributed by atoms with Crippen molar-refractivity contribution >= 4 is 22.4 Å². The molecule has 0 aliphatic carbocycles. The Morgan fingerprint density at radius 3 is 2.88 bits per heavy atom. The van der Waals surface area contributed by atoms with E-state index in [1.165, 1.54) is 24.2 Å². The first kappa shape index (κ1) is 17.3. The lowest BCUT2D eigenvalue weighted by Crippen LogP contribution is -2.40. The number of hydrogen-bond donors (Lipinski definition) is 1. The summed E-state index contributed by atoms with van der Waals surface area (Å²) in [6, 6.07) is 7.37. The predicted octanol–water partition coefficient (Wildman–Crippen LogP) is 3.15. The van der Waals surface area contributed by atoms with E-state index in [2.05, 4.69) is 22.1 Å². The highest BCUT2D eigenvalue weighted by molar-refractivity contribution is 7.13. The standard InChI is InChI=1S/C19H23N3O3S/c1-13-6-8-22(9-7-13)10-14-12-26-19(20-14)21-18(23)17-11-24-15-4-2-3-5-16(15)25-17/h2-5,12-13,17H,6-11H2,1H3,(H,20,21,23). The van der Waals surface area contributed by atoms with E-state index in [-0.39, 0.29) is 12.5 Å². The molecule has 1 saturated heterocycles. The highest BCUT2D eigenvalue weighted by atomic mass is 32.1.